The normalized spacial score (nSPS) is 33.2. The predicted octanol–water partition coefficient (Wildman–Crippen LogP) is 1.41. The smallest absolute Gasteiger partial charge is 0.202 e. The van der Waals surface area contributed by atoms with Gasteiger partial charge in [-0.25, -0.2) is 0 Å². The van der Waals surface area contributed by atoms with E-state index in [2.05, 4.69) is 4.90 Å². The zero-order chi connectivity index (χ0) is 30.1. The molecule has 2 aromatic rings. The fourth-order valence-electron chi connectivity index (χ4n) is 6.86. The molecule has 0 bridgehead atoms. The number of fused-ring (bicyclic) bond motifs is 3. The van der Waals surface area contributed by atoms with E-state index in [4.69, 9.17) is 14.2 Å². The Bertz CT molecular complexity index is 1440. The average molecular weight is 586 g/mol. The van der Waals surface area contributed by atoms with Crippen molar-refractivity contribution < 1.29 is 54.4 Å². The third-order valence-corrected chi connectivity index (χ3v) is 9.25. The second kappa shape index (κ2) is 10.6. The number of ketones is 2. The summed E-state index contributed by atoms with van der Waals surface area (Å²) in [4.78, 5) is 29.2. The summed E-state index contributed by atoms with van der Waals surface area (Å²) < 4.78 is 17.8. The Labute approximate surface area is 241 Å². The highest BCUT2D eigenvalue weighted by atomic mass is 16.7. The van der Waals surface area contributed by atoms with Gasteiger partial charge in [-0.3, -0.25) is 14.5 Å². The summed E-state index contributed by atoms with van der Waals surface area (Å²) in [7, 11) is 0. The number of nitrogens with zero attached hydrogens (tertiary/aromatic N) is 1. The van der Waals surface area contributed by atoms with Gasteiger partial charge in [0.25, 0.3) is 0 Å². The molecule has 0 radical (unpaired) electrons. The molecule has 2 fully saturated rings. The van der Waals surface area contributed by atoms with Crippen molar-refractivity contribution >= 4 is 11.6 Å². The molecule has 2 aliphatic heterocycles. The van der Waals surface area contributed by atoms with E-state index in [0.29, 0.717) is 26.3 Å². The number of morpholine rings is 1. The van der Waals surface area contributed by atoms with Crippen molar-refractivity contribution in [2.24, 2.45) is 0 Å². The van der Waals surface area contributed by atoms with Crippen molar-refractivity contribution in [3.8, 4) is 17.2 Å². The second-order valence-corrected chi connectivity index (χ2v) is 11.5. The predicted molar refractivity (Wildman–Crippen MR) is 145 cm³/mol. The molecule has 7 atom stereocenters. The zero-order valence-corrected chi connectivity index (χ0v) is 23.3. The van der Waals surface area contributed by atoms with E-state index in [1.165, 1.54) is 18.2 Å². The Balaban J connectivity index is 1.44. The van der Waals surface area contributed by atoms with E-state index >= 15 is 0 Å². The zero-order valence-electron chi connectivity index (χ0n) is 23.3. The highest BCUT2D eigenvalue weighted by molar-refractivity contribution is 6.31. The molecule has 2 aliphatic carbocycles. The number of ether oxygens (including phenoxy) is 3. The number of benzene rings is 2. The van der Waals surface area contributed by atoms with Crippen LogP contribution in [0, 0.1) is 0 Å². The Morgan fingerprint density at radius 1 is 1.00 bits per heavy atom. The van der Waals surface area contributed by atoms with Gasteiger partial charge < -0.3 is 44.8 Å². The van der Waals surface area contributed by atoms with Gasteiger partial charge in [0.2, 0.25) is 5.78 Å². The number of aromatic hydroxyl groups is 3. The van der Waals surface area contributed by atoms with Crippen LogP contribution in [0.15, 0.2) is 18.2 Å². The van der Waals surface area contributed by atoms with E-state index in [1.54, 1.807) is 13.8 Å². The van der Waals surface area contributed by atoms with Gasteiger partial charge in [-0.2, -0.15) is 0 Å². The monoisotopic (exact) mass is 585 g/mol. The molecule has 0 spiro atoms. The largest absolute Gasteiger partial charge is 0.507 e. The molecule has 6 N–H and O–H groups in total. The van der Waals surface area contributed by atoms with Crippen molar-refractivity contribution in [1.82, 2.24) is 4.90 Å². The van der Waals surface area contributed by atoms with Crippen LogP contribution in [0.3, 0.4) is 0 Å². The maximum atomic E-state index is 13.6. The van der Waals surface area contributed by atoms with Gasteiger partial charge in [0.15, 0.2) is 12.1 Å². The van der Waals surface area contributed by atoms with E-state index in [1.807, 2.05) is 0 Å². The van der Waals surface area contributed by atoms with Crippen molar-refractivity contribution in [3.63, 3.8) is 0 Å². The minimum absolute atomic E-state index is 0.0331. The maximum absolute atomic E-state index is 13.6. The van der Waals surface area contributed by atoms with Gasteiger partial charge in [0, 0.05) is 48.7 Å². The first kappa shape index (κ1) is 29.0. The number of hydrogen-bond donors (Lipinski definition) is 6. The fourth-order valence-corrected chi connectivity index (χ4v) is 6.86. The van der Waals surface area contributed by atoms with Crippen LogP contribution in [-0.2, 0) is 14.2 Å². The summed E-state index contributed by atoms with van der Waals surface area (Å²) in [5.41, 5.74) is -3.80. The van der Waals surface area contributed by atoms with Crippen LogP contribution in [0.2, 0.25) is 0 Å². The third kappa shape index (κ3) is 4.32. The summed E-state index contributed by atoms with van der Waals surface area (Å²) in [6, 6.07) is 3.60. The Morgan fingerprint density at radius 3 is 2.36 bits per heavy atom. The first-order valence-corrected chi connectivity index (χ1v) is 14.2. The van der Waals surface area contributed by atoms with Gasteiger partial charge in [-0.15, -0.1) is 0 Å². The van der Waals surface area contributed by atoms with Gasteiger partial charge >= 0.3 is 0 Å². The van der Waals surface area contributed by atoms with E-state index in [-0.39, 0.29) is 47.6 Å². The van der Waals surface area contributed by atoms with Crippen LogP contribution in [0.25, 0.3) is 0 Å². The molecule has 0 amide bonds. The molecular weight excluding hydrogens is 550 g/mol. The lowest BCUT2D eigenvalue weighted by molar-refractivity contribution is -0.264. The van der Waals surface area contributed by atoms with Crippen molar-refractivity contribution in [3.05, 3.63) is 51.6 Å². The molecule has 0 unspecified atom stereocenters. The number of carbonyl (C=O) groups is 2. The molecule has 12 nitrogen and oxygen atoms in total. The van der Waals surface area contributed by atoms with E-state index < -0.39 is 76.2 Å². The first-order chi connectivity index (χ1) is 20.0. The molecule has 226 valence electrons. The average Bonchev–Trinajstić information content (AvgIpc) is 2.97. The van der Waals surface area contributed by atoms with Gasteiger partial charge in [0.05, 0.1) is 53.8 Å². The second-order valence-electron chi connectivity index (χ2n) is 11.5. The molecule has 2 saturated heterocycles. The molecule has 42 heavy (non-hydrogen) atoms. The molecule has 4 aliphatic rings. The van der Waals surface area contributed by atoms with Crippen LogP contribution in [0.4, 0.5) is 0 Å². The first-order valence-electron chi connectivity index (χ1n) is 14.2. The Morgan fingerprint density at radius 2 is 1.67 bits per heavy atom. The molecule has 2 aromatic carbocycles. The van der Waals surface area contributed by atoms with Crippen LogP contribution < -0.4 is 0 Å². The molecular formula is C30H35NO11. The molecule has 6 rings (SSSR count). The molecule has 0 aromatic heterocycles. The number of phenolic OH excluding ortho intramolecular Hbond substituents is 3. The van der Waals surface area contributed by atoms with Gasteiger partial charge in [-0.05, 0) is 19.4 Å². The number of aliphatic hydroxyl groups excluding tert-OH is 2. The highest BCUT2D eigenvalue weighted by Gasteiger charge is 2.52. The lowest BCUT2D eigenvalue weighted by Crippen LogP contribution is -2.58. The van der Waals surface area contributed by atoms with Crippen molar-refractivity contribution in [2.75, 3.05) is 26.3 Å². The Hall–Kier alpha value is -3.10. The van der Waals surface area contributed by atoms with Gasteiger partial charge in [-0.1, -0.05) is 19.1 Å². The summed E-state index contributed by atoms with van der Waals surface area (Å²) in [5.74, 6) is -3.61. The number of phenols is 3. The van der Waals surface area contributed by atoms with Crippen molar-refractivity contribution in [1.29, 1.82) is 0 Å². The van der Waals surface area contributed by atoms with E-state index in [9.17, 15) is 40.2 Å². The van der Waals surface area contributed by atoms with Crippen LogP contribution in [-0.4, -0.2) is 104 Å². The quantitative estimate of drug-likeness (QED) is 0.242. The summed E-state index contributed by atoms with van der Waals surface area (Å²) in [6.07, 6.45) is -5.23. The van der Waals surface area contributed by atoms with Crippen molar-refractivity contribution in [2.45, 2.75) is 75.5 Å². The molecule has 12 heteroatoms. The summed E-state index contributed by atoms with van der Waals surface area (Å²) in [5, 5.41) is 67.1. The van der Waals surface area contributed by atoms with Crippen LogP contribution >= 0.6 is 0 Å². The fraction of sp³-hybridized carbons (Fsp3) is 0.533. The topological polar surface area (TPSA) is 186 Å². The van der Waals surface area contributed by atoms with E-state index in [0.717, 1.165) is 0 Å². The molecule has 0 saturated carbocycles. The van der Waals surface area contributed by atoms with Gasteiger partial charge in [0.1, 0.15) is 23.4 Å². The highest BCUT2D eigenvalue weighted by Crippen LogP contribution is 2.56. The molecule has 2 heterocycles. The Kier molecular flexibility index (Phi) is 7.29. The number of carbonyl (C=O) groups excluding carboxylic acids is 2. The number of hydrogen-bond acceptors (Lipinski definition) is 12. The van der Waals surface area contributed by atoms with Crippen LogP contribution in [0.5, 0.6) is 17.2 Å². The summed E-state index contributed by atoms with van der Waals surface area (Å²) >= 11 is 0. The maximum Gasteiger partial charge on any atom is 0.202 e. The lowest BCUT2D eigenvalue weighted by Gasteiger charge is -2.47. The number of rotatable bonds is 4. The SMILES string of the molecule is CC[C@]1(O)C[C@H](O[C@@H]2C[C@H](N3CCOCC3)[C@H](O)[C@H](C)O2)c2c(O)c3c(c(O)c2[C@@H]1O)C(=O)c1cccc(O)c1C3=O. The van der Waals surface area contributed by atoms with Crippen LogP contribution in [0.1, 0.15) is 88.3 Å². The minimum atomic E-state index is -1.82. The summed E-state index contributed by atoms with van der Waals surface area (Å²) in [6.45, 7) is 5.61. The third-order valence-electron chi connectivity index (χ3n) is 9.25. The minimum Gasteiger partial charge on any atom is -0.507 e. The standard InChI is InChI=1S/C30H35NO11/c1-3-30(39)12-17(42-18-11-15(24(33)13(2)41-18)31-7-9-40-10-8-31)20-23(29(30)38)28(37)21-22(27(20)36)26(35)19-14(25(21)34)5-4-6-16(19)32/h4-6,13,15,17-18,24,29,32-33,36-39H,3,7-12H2,1-2H3/t13-,15-,17-,18+,24+,29-,30-/m0/s1. The lowest BCUT2D eigenvalue weighted by atomic mass is 9.70. The number of aliphatic hydroxyl groups is 3.